The van der Waals surface area contributed by atoms with Crippen LogP contribution in [-0.2, 0) is 16.5 Å². The van der Waals surface area contributed by atoms with E-state index in [9.17, 15) is 8.42 Å². The van der Waals surface area contributed by atoms with Crippen molar-refractivity contribution in [2.75, 3.05) is 5.73 Å². The van der Waals surface area contributed by atoms with Crippen molar-refractivity contribution in [1.29, 1.82) is 0 Å². The van der Waals surface area contributed by atoms with Gasteiger partial charge in [-0.1, -0.05) is 48.0 Å². The summed E-state index contributed by atoms with van der Waals surface area (Å²) >= 11 is 0. The maximum absolute atomic E-state index is 12.7. The lowest BCUT2D eigenvalue weighted by Crippen LogP contribution is -2.19. The van der Waals surface area contributed by atoms with Gasteiger partial charge in [-0.2, -0.15) is 13.4 Å². The molecule has 4 rings (SSSR count). The maximum Gasteiger partial charge on any atom is 0.340 e. The lowest BCUT2D eigenvalue weighted by atomic mass is 9.82. The highest BCUT2D eigenvalue weighted by Gasteiger charge is 2.29. The first-order chi connectivity index (χ1) is 13.4. The maximum atomic E-state index is 12.7. The zero-order chi connectivity index (χ0) is 19.7. The van der Waals surface area contributed by atoms with Gasteiger partial charge in [-0.15, -0.1) is 0 Å². The van der Waals surface area contributed by atoms with Crippen molar-refractivity contribution in [3.63, 3.8) is 0 Å². The quantitative estimate of drug-likeness (QED) is 0.678. The minimum atomic E-state index is -4.01. The normalized spacial score (nSPS) is 16.4. The second-order valence-electron chi connectivity index (χ2n) is 6.96. The Morgan fingerprint density at radius 3 is 2.46 bits per heavy atom. The molecule has 6 nitrogen and oxygen atoms in total. The van der Waals surface area contributed by atoms with Crippen molar-refractivity contribution in [3.05, 3.63) is 77.0 Å². The van der Waals surface area contributed by atoms with E-state index in [-0.39, 0.29) is 22.6 Å². The van der Waals surface area contributed by atoms with E-state index in [1.165, 1.54) is 12.1 Å². The van der Waals surface area contributed by atoms with Gasteiger partial charge in [0.2, 0.25) is 11.8 Å². The van der Waals surface area contributed by atoms with Crippen LogP contribution in [0.2, 0.25) is 0 Å². The molecule has 0 bridgehead atoms. The monoisotopic (exact) mass is 395 g/mol. The van der Waals surface area contributed by atoms with Crippen LogP contribution in [0.3, 0.4) is 0 Å². The molecule has 2 aromatic carbocycles. The van der Waals surface area contributed by atoms with Crippen molar-refractivity contribution in [1.82, 2.24) is 9.97 Å². The Balaban J connectivity index is 1.75. The number of nitrogen functional groups attached to an aromatic ring is 1. The van der Waals surface area contributed by atoms with Crippen LogP contribution in [0.1, 0.15) is 41.1 Å². The number of fused-ring (bicyclic) bond motifs is 1. The van der Waals surface area contributed by atoms with Crippen molar-refractivity contribution >= 4 is 16.1 Å². The van der Waals surface area contributed by atoms with Crippen LogP contribution in [0.15, 0.2) is 59.5 Å². The van der Waals surface area contributed by atoms with E-state index in [2.05, 4.69) is 9.97 Å². The number of aryl methyl sites for hydroxylation is 1. The molecule has 1 atom stereocenters. The molecule has 0 amide bonds. The van der Waals surface area contributed by atoms with Gasteiger partial charge >= 0.3 is 10.1 Å². The lowest BCUT2D eigenvalue weighted by molar-refractivity contribution is 0.464. The molecule has 0 saturated heterocycles. The molecule has 7 heteroatoms. The van der Waals surface area contributed by atoms with E-state index in [1.54, 1.807) is 12.1 Å². The summed E-state index contributed by atoms with van der Waals surface area (Å²) in [6, 6.07) is 16.5. The van der Waals surface area contributed by atoms with Gasteiger partial charge in [0.15, 0.2) is 0 Å². The highest BCUT2D eigenvalue weighted by atomic mass is 32.2. The van der Waals surface area contributed by atoms with Gasteiger partial charge < -0.3 is 9.92 Å². The number of nitrogens with zero attached hydrogens (tertiary/aromatic N) is 2. The molecule has 1 aliphatic carbocycles. The number of aromatic nitrogens is 2. The highest BCUT2D eigenvalue weighted by Crippen LogP contribution is 2.39. The molecule has 144 valence electrons. The molecule has 0 saturated carbocycles. The van der Waals surface area contributed by atoms with Crippen molar-refractivity contribution in [2.24, 2.45) is 0 Å². The number of anilines is 1. The third-order valence-corrected chi connectivity index (χ3v) is 6.20. The number of hydrogen-bond acceptors (Lipinski definition) is 6. The standard InChI is InChI=1S/C21H21N3O3S/c1-14-10-12-16(13-11-14)28(25,26)27-20-18-9-5-8-17(15-6-3-2-4-7-15)19(18)23-21(22)24-20/h2-4,6-7,10-13,17H,5,8-9H2,1H3,(H2,22,23,24). The summed E-state index contributed by atoms with van der Waals surface area (Å²) in [5, 5.41) is 0. The summed E-state index contributed by atoms with van der Waals surface area (Å²) in [6.45, 7) is 1.89. The second kappa shape index (κ2) is 7.24. The Morgan fingerprint density at radius 2 is 1.75 bits per heavy atom. The molecule has 3 aromatic rings. The number of hydrogen-bond donors (Lipinski definition) is 1. The van der Waals surface area contributed by atoms with Crippen LogP contribution >= 0.6 is 0 Å². The lowest BCUT2D eigenvalue weighted by Gasteiger charge is -2.26. The third kappa shape index (κ3) is 3.57. The van der Waals surface area contributed by atoms with Crippen molar-refractivity contribution in [3.8, 4) is 5.88 Å². The Morgan fingerprint density at radius 1 is 1.04 bits per heavy atom. The van der Waals surface area contributed by atoms with Crippen molar-refractivity contribution < 1.29 is 12.6 Å². The molecule has 1 aromatic heterocycles. The number of rotatable bonds is 4. The van der Waals surface area contributed by atoms with E-state index in [0.717, 1.165) is 29.7 Å². The van der Waals surface area contributed by atoms with Crippen LogP contribution in [0.5, 0.6) is 5.88 Å². The Hall–Kier alpha value is -2.93. The summed E-state index contributed by atoms with van der Waals surface area (Å²) in [6.07, 6.45) is 2.45. The topological polar surface area (TPSA) is 95.2 Å². The predicted octanol–water partition coefficient (Wildman–Crippen LogP) is 3.60. The Labute approximate surface area is 164 Å². The third-order valence-electron chi connectivity index (χ3n) is 4.97. The molecule has 2 N–H and O–H groups in total. The predicted molar refractivity (Wildman–Crippen MR) is 107 cm³/mol. The molecule has 1 aliphatic rings. The molecule has 0 radical (unpaired) electrons. The van der Waals surface area contributed by atoms with E-state index < -0.39 is 10.1 Å². The van der Waals surface area contributed by atoms with Gasteiger partial charge in [-0.25, -0.2) is 4.98 Å². The van der Waals surface area contributed by atoms with E-state index in [1.807, 2.05) is 37.3 Å². The van der Waals surface area contributed by atoms with E-state index in [0.29, 0.717) is 12.0 Å². The van der Waals surface area contributed by atoms with Gasteiger partial charge in [0.05, 0.1) is 5.69 Å². The largest absolute Gasteiger partial charge is 0.368 e. The van der Waals surface area contributed by atoms with Gasteiger partial charge in [-0.05, 0) is 43.9 Å². The molecule has 0 fully saturated rings. The van der Waals surface area contributed by atoms with E-state index >= 15 is 0 Å². The van der Waals surface area contributed by atoms with Crippen LogP contribution < -0.4 is 9.92 Å². The van der Waals surface area contributed by atoms with Gasteiger partial charge in [0.25, 0.3) is 0 Å². The zero-order valence-electron chi connectivity index (χ0n) is 15.5. The average molecular weight is 395 g/mol. The smallest absolute Gasteiger partial charge is 0.340 e. The second-order valence-corrected chi connectivity index (χ2v) is 8.50. The van der Waals surface area contributed by atoms with Crippen LogP contribution in [0.25, 0.3) is 0 Å². The average Bonchev–Trinajstić information content (AvgIpc) is 2.68. The first-order valence-electron chi connectivity index (χ1n) is 9.16. The molecule has 28 heavy (non-hydrogen) atoms. The Bertz CT molecular complexity index is 1100. The van der Waals surface area contributed by atoms with Gasteiger partial charge in [0, 0.05) is 11.5 Å². The minimum absolute atomic E-state index is 0.00990. The molecular formula is C21H21N3O3S. The molecule has 1 heterocycles. The number of nitrogens with two attached hydrogens (primary N) is 1. The first-order valence-corrected chi connectivity index (χ1v) is 10.6. The summed E-state index contributed by atoms with van der Waals surface area (Å²) in [5.41, 5.74) is 9.45. The molecule has 0 spiro atoms. The van der Waals surface area contributed by atoms with Gasteiger partial charge in [0.1, 0.15) is 4.90 Å². The fourth-order valence-corrected chi connectivity index (χ4v) is 4.49. The molecule has 0 aliphatic heterocycles. The fourth-order valence-electron chi connectivity index (χ4n) is 3.58. The van der Waals surface area contributed by atoms with E-state index in [4.69, 9.17) is 9.92 Å². The molecule has 1 unspecified atom stereocenters. The molecular weight excluding hydrogens is 374 g/mol. The van der Waals surface area contributed by atoms with Crippen molar-refractivity contribution in [2.45, 2.75) is 37.0 Å². The summed E-state index contributed by atoms with van der Waals surface area (Å²) in [7, 11) is -4.01. The summed E-state index contributed by atoms with van der Waals surface area (Å²) < 4.78 is 30.9. The van der Waals surface area contributed by atoms with Crippen LogP contribution in [0, 0.1) is 6.92 Å². The first kappa shape index (κ1) is 18.4. The zero-order valence-corrected chi connectivity index (χ0v) is 16.3. The highest BCUT2D eigenvalue weighted by molar-refractivity contribution is 7.87. The minimum Gasteiger partial charge on any atom is -0.368 e. The fraction of sp³-hybridized carbons (Fsp3) is 0.238. The van der Waals surface area contributed by atoms with Crippen LogP contribution in [-0.4, -0.2) is 18.4 Å². The van der Waals surface area contributed by atoms with Crippen LogP contribution in [0.4, 0.5) is 5.95 Å². The summed E-state index contributed by atoms with van der Waals surface area (Å²) in [4.78, 5) is 8.63. The van der Waals surface area contributed by atoms with Gasteiger partial charge in [-0.3, -0.25) is 0 Å². The SMILES string of the molecule is Cc1ccc(S(=O)(=O)Oc2nc(N)nc3c2CCCC3c2ccccc2)cc1. The number of benzene rings is 2. The Kier molecular flexibility index (Phi) is 4.77. The summed E-state index contributed by atoms with van der Waals surface area (Å²) in [5.74, 6) is 0.0825.